The minimum atomic E-state index is -0.935. The first kappa shape index (κ1) is 52.3. The first-order valence-electron chi connectivity index (χ1n) is 25.0. The van der Waals surface area contributed by atoms with Gasteiger partial charge in [-0.05, 0) is 102 Å². The van der Waals surface area contributed by atoms with Gasteiger partial charge in [-0.3, -0.25) is 0 Å². The number of pyridine rings is 1. The molecule has 0 aliphatic carbocycles. The van der Waals surface area contributed by atoms with Crippen LogP contribution >= 0.6 is 0 Å². The predicted octanol–water partition coefficient (Wildman–Crippen LogP) is 16.7. The maximum absolute atomic E-state index is 10.2. The molecule has 0 saturated heterocycles. The van der Waals surface area contributed by atoms with Crippen LogP contribution in [0.25, 0.3) is 99.9 Å². The molecular formula is C68H55IrN5O2-2. The molecule has 0 bridgehead atoms. The van der Waals surface area contributed by atoms with E-state index in [0.29, 0.717) is 0 Å². The van der Waals surface area contributed by atoms with E-state index >= 15 is 0 Å². The van der Waals surface area contributed by atoms with Crippen molar-refractivity contribution in [3.05, 3.63) is 248 Å². The smallest absolute Gasteiger partial charge is 0.247 e. The van der Waals surface area contributed by atoms with Crippen molar-refractivity contribution < 1.29 is 30.0 Å². The summed E-state index contributed by atoms with van der Waals surface area (Å²) in [4.78, 5) is 34.8. The Labute approximate surface area is 458 Å². The SMILES string of the molecule is CC(C)(C)c1ncc(-c2ccccc2-c2cc(-c3ccccc3-c3cnc(C(C)(C)C)nc3)cc(-c3ccccc3-c3cnc(-c4[c-]cccc4)c4ccc(-c5ccccc5)cc34)c2)cn1.O=C(O)c1[c-]cccc1.[Ir]. The molecule has 0 aliphatic heterocycles. The van der Waals surface area contributed by atoms with Gasteiger partial charge in [0, 0.05) is 78.6 Å². The third kappa shape index (κ3) is 11.4. The van der Waals surface area contributed by atoms with Crippen LogP contribution in [0.5, 0.6) is 0 Å². The molecule has 0 atom stereocenters. The van der Waals surface area contributed by atoms with Crippen molar-refractivity contribution in [1.82, 2.24) is 24.9 Å². The van der Waals surface area contributed by atoms with Gasteiger partial charge in [0.15, 0.2) is 0 Å². The van der Waals surface area contributed by atoms with Gasteiger partial charge in [0.25, 0.3) is 0 Å². The molecule has 0 spiro atoms. The average molecular weight is 1170 g/mol. The monoisotopic (exact) mass is 1170 g/mol. The summed E-state index contributed by atoms with van der Waals surface area (Å²) in [6.07, 6.45) is 9.89. The molecule has 0 aliphatic rings. The molecule has 8 aromatic carbocycles. The molecular weight excluding hydrogens is 1110 g/mol. The van der Waals surface area contributed by atoms with E-state index in [9.17, 15) is 4.79 Å². The fourth-order valence-electron chi connectivity index (χ4n) is 9.29. The summed E-state index contributed by atoms with van der Waals surface area (Å²) >= 11 is 0. The Bertz CT molecular complexity index is 3680. The van der Waals surface area contributed by atoms with Crippen LogP contribution < -0.4 is 0 Å². The van der Waals surface area contributed by atoms with Crippen LogP contribution in [0.15, 0.2) is 219 Å². The van der Waals surface area contributed by atoms with E-state index in [1.807, 2.05) is 49.2 Å². The maximum atomic E-state index is 10.2. The zero-order valence-electron chi connectivity index (χ0n) is 43.2. The molecule has 11 aromatic rings. The molecule has 0 unspecified atom stereocenters. The summed E-state index contributed by atoms with van der Waals surface area (Å²) in [7, 11) is 0. The first-order chi connectivity index (χ1) is 36.3. The topological polar surface area (TPSA) is 102 Å². The number of benzene rings is 8. The van der Waals surface area contributed by atoms with Gasteiger partial charge in [-0.2, -0.15) is 0 Å². The second-order valence-corrected chi connectivity index (χ2v) is 20.5. The van der Waals surface area contributed by atoms with E-state index in [2.05, 4.69) is 199 Å². The van der Waals surface area contributed by atoms with E-state index in [-0.39, 0.29) is 36.5 Å². The number of rotatable bonds is 9. The van der Waals surface area contributed by atoms with Gasteiger partial charge in [0.2, 0.25) is 5.97 Å². The zero-order valence-corrected chi connectivity index (χ0v) is 45.6. The fourth-order valence-corrected chi connectivity index (χ4v) is 9.29. The van der Waals surface area contributed by atoms with Crippen molar-refractivity contribution in [2.24, 2.45) is 0 Å². The third-order valence-corrected chi connectivity index (χ3v) is 13.1. The molecule has 3 aromatic heterocycles. The molecule has 3 heterocycles. The van der Waals surface area contributed by atoms with E-state index in [1.165, 1.54) is 6.07 Å². The predicted molar refractivity (Wildman–Crippen MR) is 305 cm³/mol. The van der Waals surface area contributed by atoms with Crippen LogP contribution in [-0.4, -0.2) is 36.0 Å². The number of carboxylic acids is 1. The molecule has 7 nitrogen and oxygen atoms in total. The van der Waals surface area contributed by atoms with Crippen molar-refractivity contribution in [3.63, 3.8) is 0 Å². The quantitative estimate of drug-likeness (QED) is 0.144. The van der Waals surface area contributed by atoms with Crippen LogP contribution in [0.1, 0.15) is 63.5 Å². The second-order valence-electron chi connectivity index (χ2n) is 20.5. The molecule has 0 amide bonds. The van der Waals surface area contributed by atoms with E-state index in [0.717, 1.165) is 112 Å². The Kier molecular flexibility index (Phi) is 15.5. The van der Waals surface area contributed by atoms with Gasteiger partial charge in [-0.25, -0.2) is 19.9 Å². The molecule has 11 rings (SSSR count). The number of aromatic nitrogens is 5. The number of carbonyl (C=O) groups is 1. The number of hydrogen-bond acceptors (Lipinski definition) is 6. The van der Waals surface area contributed by atoms with Gasteiger partial charge in [-0.1, -0.05) is 162 Å². The maximum Gasteiger partial charge on any atom is 0.247 e. The normalized spacial score (nSPS) is 11.3. The van der Waals surface area contributed by atoms with E-state index in [4.69, 9.17) is 30.0 Å². The average Bonchev–Trinajstić information content (AvgIpc) is 3.46. The van der Waals surface area contributed by atoms with Crippen molar-refractivity contribution in [3.8, 4) is 89.1 Å². The first-order valence-corrected chi connectivity index (χ1v) is 25.0. The Balaban J connectivity index is 0.000000641. The summed E-state index contributed by atoms with van der Waals surface area (Å²) in [5.74, 6) is 0.692. The summed E-state index contributed by atoms with van der Waals surface area (Å²) in [5.41, 5.74) is 16.7. The molecule has 0 fully saturated rings. The molecule has 1 N–H and O–H groups in total. The molecule has 375 valence electrons. The van der Waals surface area contributed by atoms with Gasteiger partial charge >= 0.3 is 0 Å². The number of nitrogens with zero attached hydrogens (tertiary/aromatic N) is 5. The standard InChI is InChI=1S/C61H50N5.C7H5O2.Ir/c1-60(2,3)58-63-35-46(36-64-58)51-26-15-13-23-48(51)43-31-44(49-24-14-16-27-52(49)47-37-65-59(66-38-47)61(4,5)6)33-45(32-43)50-25-17-18-28-53(50)56-39-62-57(41-21-11-8-12-22-41)54-30-29-42(34-55(54)56)40-19-9-7-10-20-40;8-7(9)6-4-2-1-3-5-6;/h7-21,23-39H,1-6H3;1-4H,(H,8,9);/q2*-1;. The fraction of sp³-hybridized carbons (Fsp3) is 0.118. The van der Waals surface area contributed by atoms with Crippen molar-refractivity contribution in [2.75, 3.05) is 0 Å². The van der Waals surface area contributed by atoms with E-state index in [1.54, 1.807) is 18.2 Å². The Morgan fingerprint density at radius 2 is 0.816 bits per heavy atom. The summed E-state index contributed by atoms with van der Waals surface area (Å²) in [6, 6.07) is 70.7. The number of fused-ring (bicyclic) bond motifs is 1. The minimum Gasteiger partial charge on any atom is -0.521 e. The van der Waals surface area contributed by atoms with Gasteiger partial charge < -0.3 is 14.9 Å². The third-order valence-electron chi connectivity index (χ3n) is 13.1. The molecule has 8 heteroatoms. The number of aromatic carboxylic acids is 1. The minimum absolute atomic E-state index is 0. The van der Waals surface area contributed by atoms with Crippen molar-refractivity contribution >= 4 is 16.7 Å². The van der Waals surface area contributed by atoms with Crippen molar-refractivity contribution in [2.45, 2.75) is 52.4 Å². The molecule has 1 radical (unpaired) electrons. The zero-order chi connectivity index (χ0) is 52.1. The van der Waals surface area contributed by atoms with E-state index < -0.39 is 5.97 Å². The van der Waals surface area contributed by atoms with Crippen LogP contribution in [0.4, 0.5) is 0 Å². The largest absolute Gasteiger partial charge is 0.521 e. The summed E-state index contributed by atoms with van der Waals surface area (Å²) in [5, 5.41) is 10.5. The van der Waals surface area contributed by atoms with Crippen LogP contribution in [-0.2, 0) is 30.9 Å². The van der Waals surface area contributed by atoms with Crippen LogP contribution in [0.2, 0.25) is 0 Å². The van der Waals surface area contributed by atoms with Gasteiger partial charge in [0.05, 0.1) is 0 Å². The van der Waals surface area contributed by atoms with Crippen LogP contribution in [0.3, 0.4) is 0 Å². The Morgan fingerprint density at radius 1 is 0.382 bits per heavy atom. The van der Waals surface area contributed by atoms with Gasteiger partial charge in [0.1, 0.15) is 11.6 Å². The summed E-state index contributed by atoms with van der Waals surface area (Å²) in [6.45, 7) is 12.8. The summed E-state index contributed by atoms with van der Waals surface area (Å²) < 4.78 is 0. The van der Waals surface area contributed by atoms with Crippen LogP contribution in [0, 0.1) is 12.1 Å². The van der Waals surface area contributed by atoms with Gasteiger partial charge in [-0.15, -0.1) is 66.2 Å². The van der Waals surface area contributed by atoms with Crippen molar-refractivity contribution in [1.29, 1.82) is 0 Å². The number of hydrogen-bond donors (Lipinski definition) is 1. The number of carboxylic acid groups (broad SMARTS) is 1. The molecule has 76 heavy (non-hydrogen) atoms. The second kappa shape index (κ2) is 22.5. The Hall–Kier alpha value is -8.55. The molecule has 0 saturated carbocycles. The Morgan fingerprint density at radius 3 is 1.25 bits per heavy atom.